The minimum atomic E-state index is -3.24. The average molecular weight is 442 g/mol. The van der Waals surface area contributed by atoms with Crippen molar-refractivity contribution in [2.24, 2.45) is 0 Å². The zero-order chi connectivity index (χ0) is 22.3. The van der Waals surface area contributed by atoms with Crippen LogP contribution in [-0.4, -0.2) is 41.4 Å². The number of alkyl halides is 2. The zero-order valence-electron chi connectivity index (χ0n) is 16.3. The molecule has 0 unspecified atom stereocenters. The summed E-state index contributed by atoms with van der Waals surface area (Å²) in [6, 6.07) is 0.250. The van der Waals surface area contributed by atoms with Gasteiger partial charge in [-0.3, -0.25) is 0 Å². The van der Waals surface area contributed by atoms with E-state index in [1.165, 1.54) is 9.80 Å². The molecule has 1 aromatic carbocycles. The first-order valence-electron chi connectivity index (χ1n) is 9.52. The largest absolute Gasteiger partial charge is 0.449 e. The lowest BCUT2D eigenvalue weighted by atomic mass is 10.0. The molecule has 0 spiro atoms. The van der Waals surface area contributed by atoms with E-state index in [9.17, 15) is 27.2 Å². The molecule has 1 N–H and O–H groups in total. The molecular weight excluding hydrogens is 424 g/mol. The number of hydrogen-bond acceptors (Lipinski definition) is 5. The number of hydrogen-bond donors (Lipinski definition) is 1. The van der Waals surface area contributed by atoms with Crippen molar-refractivity contribution >= 4 is 23.7 Å². The molecular formula is C19H18F4N4O4. The molecule has 3 heterocycles. The molecule has 1 atom stereocenters. The fraction of sp³-hybridized carbons (Fsp3) is 0.421. The number of amides is 3. The number of carbonyl (C=O) groups is 2. The Morgan fingerprint density at radius 2 is 2.10 bits per heavy atom. The Kier molecular flexibility index (Phi) is 5.46. The van der Waals surface area contributed by atoms with Gasteiger partial charge in [-0.25, -0.2) is 32.1 Å². The average Bonchev–Trinajstić information content (AvgIpc) is 3.12. The van der Waals surface area contributed by atoms with E-state index in [0.29, 0.717) is 49.4 Å². The molecule has 2 aliphatic heterocycles. The van der Waals surface area contributed by atoms with E-state index in [1.54, 1.807) is 6.92 Å². The van der Waals surface area contributed by atoms with Gasteiger partial charge in [-0.05, 0) is 19.4 Å². The van der Waals surface area contributed by atoms with Crippen molar-refractivity contribution in [2.45, 2.75) is 38.8 Å². The zero-order valence-corrected chi connectivity index (χ0v) is 16.3. The van der Waals surface area contributed by atoms with E-state index in [1.807, 2.05) is 0 Å². The Balaban J connectivity index is 1.56. The summed E-state index contributed by atoms with van der Waals surface area (Å²) in [4.78, 5) is 27.5. The Morgan fingerprint density at radius 3 is 2.81 bits per heavy atom. The molecule has 0 saturated carbocycles. The molecule has 1 fully saturated rings. The molecule has 2 aliphatic rings. The molecule has 3 amide bonds. The number of nitrogens with one attached hydrogen (secondary N) is 1. The molecule has 1 saturated heterocycles. The third kappa shape index (κ3) is 3.89. The second-order valence-corrected chi connectivity index (χ2v) is 7.31. The van der Waals surface area contributed by atoms with Crippen molar-refractivity contribution in [2.75, 3.05) is 23.4 Å². The van der Waals surface area contributed by atoms with Gasteiger partial charge in [0.05, 0.1) is 30.0 Å². The minimum absolute atomic E-state index is 0.0102. The van der Waals surface area contributed by atoms with Gasteiger partial charge < -0.3 is 19.5 Å². The van der Waals surface area contributed by atoms with Crippen LogP contribution in [0.25, 0.3) is 0 Å². The third-order valence-corrected chi connectivity index (χ3v) is 5.22. The highest BCUT2D eigenvalue weighted by atomic mass is 19.3. The second kappa shape index (κ2) is 8.08. The van der Waals surface area contributed by atoms with Gasteiger partial charge in [0.15, 0.2) is 11.6 Å². The highest BCUT2D eigenvalue weighted by molar-refractivity contribution is 5.91. The molecule has 2 aromatic rings. The lowest BCUT2D eigenvalue weighted by molar-refractivity contribution is 0.137. The molecule has 0 bridgehead atoms. The van der Waals surface area contributed by atoms with E-state index in [2.05, 4.69) is 10.5 Å². The Bertz CT molecular complexity index is 1030. The third-order valence-electron chi connectivity index (χ3n) is 5.22. The number of urea groups is 1. The van der Waals surface area contributed by atoms with Crippen molar-refractivity contribution in [3.05, 3.63) is 40.6 Å². The summed E-state index contributed by atoms with van der Waals surface area (Å²) >= 11 is 0. The summed E-state index contributed by atoms with van der Waals surface area (Å²) in [5, 5.41) is 6.32. The lowest BCUT2D eigenvalue weighted by Gasteiger charge is -2.33. The van der Waals surface area contributed by atoms with Crippen molar-refractivity contribution in [3.63, 3.8) is 0 Å². The van der Waals surface area contributed by atoms with Crippen molar-refractivity contribution in [3.8, 4) is 0 Å². The van der Waals surface area contributed by atoms with Gasteiger partial charge in [-0.1, -0.05) is 5.16 Å². The van der Waals surface area contributed by atoms with E-state index in [4.69, 9.17) is 9.26 Å². The molecule has 31 heavy (non-hydrogen) atoms. The van der Waals surface area contributed by atoms with E-state index < -0.39 is 35.7 Å². The number of aromatic nitrogens is 1. The van der Waals surface area contributed by atoms with Gasteiger partial charge in [0.1, 0.15) is 0 Å². The summed E-state index contributed by atoms with van der Waals surface area (Å²) in [6.45, 7) is 2.41. The van der Waals surface area contributed by atoms with Crippen LogP contribution < -0.4 is 10.2 Å². The van der Waals surface area contributed by atoms with Gasteiger partial charge >= 0.3 is 12.1 Å². The maximum atomic E-state index is 13.7. The van der Waals surface area contributed by atoms with Gasteiger partial charge in [0.2, 0.25) is 5.88 Å². The number of cyclic esters (lactones) is 1. The van der Waals surface area contributed by atoms with Crippen LogP contribution in [-0.2, 0) is 17.7 Å². The standard InChI is InChI=1S/C19H18F4N4O4/c1-9-5-14-12(17(31-25-14)26-3-2-4-30-19(26)29)8-27(9)18(28)24-10-6-11(16(22)23)15(21)13(20)7-10/h6-7,9,16H,2-5,8H2,1H3,(H,24,28)/t9-/m0/s1. The second-order valence-electron chi connectivity index (χ2n) is 7.31. The SMILES string of the molecule is C[C@H]1Cc2noc(N3CCCOC3=O)c2CN1C(=O)Nc1cc(F)c(F)c(C(F)F)c1. The molecule has 1 aromatic heterocycles. The molecule has 4 rings (SSSR count). The monoisotopic (exact) mass is 442 g/mol. The normalized spacial score (nSPS) is 18.8. The van der Waals surface area contributed by atoms with E-state index in [-0.39, 0.29) is 24.2 Å². The number of rotatable bonds is 3. The maximum absolute atomic E-state index is 13.7. The first-order chi connectivity index (χ1) is 14.8. The van der Waals surface area contributed by atoms with Crippen LogP contribution in [0.5, 0.6) is 0 Å². The molecule has 8 nitrogen and oxygen atoms in total. The van der Waals surface area contributed by atoms with Crippen LogP contribution in [0.4, 0.5) is 38.7 Å². The summed E-state index contributed by atoms with van der Waals surface area (Å²) in [5.74, 6) is -2.98. The molecule has 0 aliphatic carbocycles. The highest BCUT2D eigenvalue weighted by Gasteiger charge is 2.36. The maximum Gasteiger partial charge on any atom is 0.416 e. The van der Waals surface area contributed by atoms with Crippen LogP contribution in [0.3, 0.4) is 0 Å². The van der Waals surface area contributed by atoms with Crippen LogP contribution in [0.2, 0.25) is 0 Å². The van der Waals surface area contributed by atoms with Crippen molar-refractivity contribution < 1.29 is 36.4 Å². The number of nitrogens with zero attached hydrogens (tertiary/aromatic N) is 3. The minimum Gasteiger partial charge on any atom is -0.449 e. The van der Waals surface area contributed by atoms with Crippen LogP contribution in [0.1, 0.15) is 36.6 Å². The van der Waals surface area contributed by atoms with Crippen molar-refractivity contribution in [1.82, 2.24) is 10.1 Å². The molecule has 166 valence electrons. The Morgan fingerprint density at radius 1 is 1.32 bits per heavy atom. The van der Waals surface area contributed by atoms with Gasteiger partial charge in [0, 0.05) is 30.8 Å². The fourth-order valence-electron chi connectivity index (χ4n) is 3.62. The predicted molar refractivity (Wildman–Crippen MR) is 98.9 cm³/mol. The van der Waals surface area contributed by atoms with Crippen LogP contribution in [0, 0.1) is 11.6 Å². The molecule has 12 heteroatoms. The van der Waals surface area contributed by atoms with E-state index in [0.717, 1.165) is 0 Å². The highest BCUT2D eigenvalue weighted by Crippen LogP contribution is 2.33. The lowest BCUT2D eigenvalue weighted by Crippen LogP contribution is -2.45. The summed E-state index contributed by atoms with van der Waals surface area (Å²) in [7, 11) is 0. The first-order valence-corrected chi connectivity index (χ1v) is 9.52. The summed E-state index contributed by atoms with van der Waals surface area (Å²) in [6.07, 6.45) is -2.91. The first kappa shape index (κ1) is 20.9. The Labute approximate surface area is 173 Å². The predicted octanol–water partition coefficient (Wildman–Crippen LogP) is 4.22. The number of fused-ring (bicyclic) bond motifs is 1. The fourth-order valence-corrected chi connectivity index (χ4v) is 3.62. The van der Waals surface area contributed by atoms with Gasteiger partial charge in [-0.15, -0.1) is 0 Å². The van der Waals surface area contributed by atoms with Crippen molar-refractivity contribution in [1.29, 1.82) is 0 Å². The number of carbonyl (C=O) groups excluding carboxylic acids is 2. The summed E-state index contributed by atoms with van der Waals surface area (Å²) in [5.41, 5.74) is -0.347. The quantitative estimate of drug-likeness (QED) is 0.720. The number of anilines is 2. The van der Waals surface area contributed by atoms with Gasteiger partial charge in [-0.2, -0.15) is 0 Å². The Hall–Kier alpha value is -3.31. The smallest absolute Gasteiger partial charge is 0.416 e. The number of benzene rings is 1. The number of halogens is 4. The van der Waals surface area contributed by atoms with Crippen LogP contribution in [0.15, 0.2) is 16.7 Å². The number of ether oxygens (including phenoxy) is 1. The van der Waals surface area contributed by atoms with E-state index >= 15 is 0 Å². The summed E-state index contributed by atoms with van der Waals surface area (Å²) < 4.78 is 63.4. The van der Waals surface area contributed by atoms with Crippen LogP contribution >= 0.6 is 0 Å². The van der Waals surface area contributed by atoms with Gasteiger partial charge in [0.25, 0.3) is 6.43 Å². The topological polar surface area (TPSA) is 87.9 Å². The molecule has 0 radical (unpaired) electrons.